The lowest BCUT2D eigenvalue weighted by molar-refractivity contribution is -0.135. The van der Waals surface area contributed by atoms with Crippen molar-refractivity contribution in [3.05, 3.63) is 35.7 Å². The summed E-state index contributed by atoms with van der Waals surface area (Å²) >= 11 is 1.38. The van der Waals surface area contributed by atoms with E-state index in [9.17, 15) is 4.79 Å². The number of aromatic nitrogens is 3. The molecule has 0 saturated carbocycles. The summed E-state index contributed by atoms with van der Waals surface area (Å²) in [6, 6.07) is 5.56. The van der Waals surface area contributed by atoms with Gasteiger partial charge in [-0.3, -0.25) is 4.79 Å². The molecule has 3 heterocycles. The Morgan fingerprint density at radius 3 is 2.88 bits per heavy atom. The minimum absolute atomic E-state index is 0.0203. The SMILES string of the molecule is CC1CC(=O)Oc2cc(Oc3nn4cc(C(C)(C)C)nc4s3)ccc21. The summed E-state index contributed by atoms with van der Waals surface area (Å²) in [5.41, 5.74) is 2.00. The predicted molar refractivity (Wildman–Crippen MR) is 94.7 cm³/mol. The molecular formula is C18H19N3O3S. The molecule has 1 atom stereocenters. The summed E-state index contributed by atoms with van der Waals surface area (Å²) in [5.74, 6) is 1.11. The van der Waals surface area contributed by atoms with Crippen molar-refractivity contribution in [2.45, 2.75) is 45.4 Å². The number of ether oxygens (including phenoxy) is 2. The Morgan fingerprint density at radius 1 is 1.36 bits per heavy atom. The Bertz CT molecular complexity index is 936. The van der Waals surface area contributed by atoms with Crippen LogP contribution in [0.25, 0.3) is 4.96 Å². The zero-order valence-electron chi connectivity index (χ0n) is 14.6. The molecule has 1 aliphatic heterocycles. The summed E-state index contributed by atoms with van der Waals surface area (Å²) in [4.78, 5) is 17.0. The van der Waals surface area contributed by atoms with E-state index in [1.807, 2.05) is 25.3 Å². The Labute approximate surface area is 149 Å². The quantitative estimate of drug-likeness (QED) is 0.505. The van der Waals surface area contributed by atoms with E-state index in [1.165, 1.54) is 11.3 Å². The number of nitrogens with zero attached hydrogens (tertiary/aromatic N) is 3. The maximum Gasteiger partial charge on any atom is 0.311 e. The highest BCUT2D eigenvalue weighted by atomic mass is 32.1. The van der Waals surface area contributed by atoms with Gasteiger partial charge in [0.1, 0.15) is 11.5 Å². The van der Waals surface area contributed by atoms with Crippen LogP contribution in [-0.2, 0) is 10.2 Å². The topological polar surface area (TPSA) is 65.7 Å². The molecule has 25 heavy (non-hydrogen) atoms. The molecular weight excluding hydrogens is 338 g/mol. The molecule has 1 aromatic carbocycles. The second kappa shape index (κ2) is 5.56. The third-order valence-corrected chi connectivity index (χ3v) is 5.01. The molecule has 0 radical (unpaired) electrons. The van der Waals surface area contributed by atoms with Crippen LogP contribution >= 0.6 is 11.3 Å². The minimum atomic E-state index is -0.209. The van der Waals surface area contributed by atoms with Crippen molar-refractivity contribution in [1.82, 2.24) is 14.6 Å². The second-order valence-corrected chi connectivity index (χ2v) is 8.27. The van der Waals surface area contributed by atoms with Crippen LogP contribution < -0.4 is 9.47 Å². The third kappa shape index (κ3) is 3.00. The van der Waals surface area contributed by atoms with Crippen LogP contribution in [0.15, 0.2) is 24.4 Å². The van der Waals surface area contributed by atoms with Gasteiger partial charge in [0.25, 0.3) is 5.19 Å². The molecule has 0 fully saturated rings. The van der Waals surface area contributed by atoms with Crippen molar-refractivity contribution < 1.29 is 14.3 Å². The Kier molecular flexibility index (Phi) is 3.57. The Balaban J connectivity index is 1.60. The molecule has 0 spiro atoms. The van der Waals surface area contributed by atoms with E-state index in [4.69, 9.17) is 9.47 Å². The molecule has 7 heteroatoms. The molecule has 6 nitrogen and oxygen atoms in total. The molecule has 1 aliphatic rings. The molecule has 3 aromatic rings. The van der Waals surface area contributed by atoms with Crippen molar-refractivity contribution in [2.75, 3.05) is 0 Å². The van der Waals surface area contributed by atoms with Gasteiger partial charge >= 0.3 is 5.97 Å². The van der Waals surface area contributed by atoms with Crippen molar-refractivity contribution in [1.29, 1.82) is 0 Å². The summed E-state index contributed by atoms with van der Waals surface area (Å²) in [6.45, 7) is 8.37. The van der Waals surface area contributed by atoms with Crippen LogP contribution in [0.3, 0.4) is 0 Å². The highest BCUT2D eigenvalue weighted by Gasteiger charge is 2.24. The van der Waals surface area contributed by atoms with Gasteiger partial charge in [0.05, 0.1) is 18.3 Å². The fourth-order valence-electron chi connectivity index (χ4n) is 2.78. The largest absolute Gasteiger partial charge is 0.430 e. The number of rotatable bonds is 2. The lowest BCUT2D eigenvalue weighted by Gasteiger charge is -2.21. The van der Waals surface area contributed by atoms with E-state index in [2.05, 4.69) is 30.9 Å². The lowest BCUT2D eigenvalue weighted by atomic mass is 9.93. The smallest absolute Gasteiger partial charge is 0.311 e. The van der Waals surface area contributed by atoms with Crippen LogP contribution in [0.2, 0.25) is 0 Å². The zero-order valence-corrected chi connectivity index (χ0v) is 15.4. The monoisotopic (exact) mass is 357 g/mol. The average molecular weight is 357 g/mol. The standard InChI is InChI=1S/C18H19N3O3S/c1-10-7-15(22)24-13-8-11(5-6-12(10)13)23-17-20-21-9-14(18(2,3)4)19-16(21)25-17/h5-6,8-10H,7H2,1-4H3. The average Bonchev–Trinajstić information content (AvgIpc) is 3.04. The van der Waals surface area contributed by atoms with Crippen LogP contribution in [0.1, 0.15) is 51.3 Å². The first kappa shape index (κ1) is 16.1. The van der Waals surface area contributed by atoms with Gasteiger partial charge in [0.2, 0.25) is 4.96 Å². The maximum absolute atomic E-state index is 11.6. The molecule has 130 valence electrons. The number of imidazole rings is 1. The van der Waals surface area contributed by atoms with Gasteiger partial charge in [-0.2, -0.15) is 0 Å². The number of benzene rings is 1. The first-order valence-corrected chi connectivity index (χ1v) is 9.00. The highest BCUT2D eigenvalue weighted by molar-refractivity contribution is 7.18. The zero-order chi connectivity index (χ0) is 17.8. The van der Waals surface area contributed by atoms with Crippen LogP contribution in [-0.4, -0.2) is 20.6 Å². The van der Waals surface area contributed by atoms with Gasteiger partial charge in [-0.05, 0) is 28.9 Å². The number of carbonyl (C=O) groups is 1. The molecule has 0 amide bonds. The number of hydrogen-bond donors (Lipinski definition) is 0. The van der Waals surface area contributed by atoms with Crippen LogP contribution in [0, 0.1) is 0 Å². The third-order valence-electron chi connectivity index (χ3n) is 4.21. The molecule has 1 unspecified atom stereocenters. The number of hydrogen-bond acceptors (Lipinski definition) is 6. The van der Waals surface area contributed by atoms with E-state index in [-0.39, 0.29) is 17.3 Å². The van der Waals surface area contributed by atoms with Crippen molar-refractivity contribution in [3.63, 3.8) is 0 Å². The van der Waals surface area contributed by atoms with E-state index in [0.717, 1.165) is 16.2 Å². The second-order valence-electron chi connectivity index (χ2n) is 7.35. The summed E-state index contributed by atoms with van der Waals surface area (Å²) in [7, 11) is 0. The molecule has 0 N–H and O–H groups in total. The number of fused-ring (bicyclic) bond motifs is 2. The van der Waals surface area contributed by atoms with Gasteiger partial charge < -0.3 is 9.47 Å². The van der Waals surface area contributed by atoms with E-state index in [0.29, 0.717) is 23.1 Å². The van der Waals surface area contributed by atoms with Crippen molar-refractivity contribution in [2.24, 2.45) is 0 Å². The lowest BCUT2D eigenvalue weighted by Crippen LogP contribution is -2.18. The molecule has 4 rings (SSSR count). The molecule has 0 saturated heterocycles. The molecule has 0 aliphatic carbocycles. The van der Waals surface area contributed by atoms with Gasteiger partial charge in [0.15, 0.2) is 0 Å². The highest BCUT2D eigenvalue weighted by Crippen LogP contribution is 2.38. The molecule has 0 bridgehead atoms. The maximum atomic E-state index is 11.6. The van der Waals surface area contributed by atoms with Crippen LogP contribution in [0.5, 0.6) is 16.7 Å². The van der Waals surface area contributed by atoms with Gasteiger partial charge in [0, 0.05) is 11.5 Å². The van der Waals surface area contributed by atoms with Gasteiger partial charge in [-0.1, -0.05) is 33.8 Å². The molecule has 2 aromatic heterocycles. The Morgan fingerprint density at radius 2 is 2.16 bits per heavy atom. The van der Waals surface area contributed by atoms with Crippen molar-refractivity contribution >= 4 is 22.3 Å². The normalized spacial score (nSPS) is 17.4. The van der Waals surface area contributed by atoms with Crippen molar-refractivity contribution in [3.8, 4) is 16.7 Å². The Hall–Kier alpha value is -2.41. The number of carbonyl (C=O) groups excluding carboxylic acids is 1. The van der Waals surface area contributed by atoms with E-state index < -0.39 is 0 Å². The van der Waals surface area contributed by atoms with E-state index in [1.54, 1.807) is 10.6 Å². The first-order chi connectivity index (χ1) is 11.8. The predicted octanol–water partition coefficient (Wildman–Crippen LogP) is 4.29. The first-order valence-electron chi connectivity index (χ1n) is 8.19. The number of esters is 1. The minimum Gasteiger partial charge on any atom is -0.430 e. The summed E-state index contributed by atoms with van der Waals surface area (Å²) in [5, 5.41) is 4.93. The van der Waals surface area contributed by atoms with E-state index >= 15 is 0 Å². The fraction of sp³-hybridized carbons (Fsp3) is 0.389. The summed E-state index contributed by atoms with van der Waals surface area (Å²) < 4.78 is 12.9. The fourth-order valence-corrected chi connectivity index (χ4v) is 3.54. The van der Waals surface area contributed by atoms with Gasteiger partial charge in [-0.25, -0.2) is 9.50 Å². The summed E-state index contributed by atoms with van der Waals surface area (Å²) in [6.07, 6.45) is 2.34. The van der Waals surface area contributed by atoms with Gasteiger partial charge in [-0.15, -0.1) is 5.10 Å². The van der Waals surface area contributed by atoms with Crippen LogP contribution in [0.4, 0.5) is 0 Å².